The summed E-state index contributed by atoms with van der Waals surface area (Å²) < 4.78 is 5.27. The first-order chi connectivity index (χ1) is 9.08. The second-order valence-electron chi connectivity index (χ2n) is 4.69. The number of carbonyl (C=O) groups excluding carboxylic acids is 1. The van der Waals surface area contributed by atoms with Crippen molar-refractivity contribution in [1.82, 2.24) is 4.90 Å². The summed E-state index contributed by atoms with van der Waals surface area (Å²) in [7, 11) is 0. The largest absolute Gasteiger partial charge is 0.481 e. The van der Waals surface area contributed by atoms with Crippen molar-refractivity contribution in [3.63, 3.8) is 0 Å². The number of ether oxygens (including phenoxy) is 1. The second-order valence-corrected chi connectivity index (χ2v) is 4.69. The first kappa shape index (κ1) is 13.5. The lowest BCUT2D eigenvalue weighted by Gasteiger charge is -2.34. The Hall–Kier alpha value is -1.88. The number of amides is 1. The number of rotatable bonds is 3. The Labute approximate surface area is 111 Å². The van der Waals surface area contributed by atoms with Crippen LogP contribution >= 0.6 is 0 Å². The summed E-state index contributed by atoms with van der Waals surface area (Å²) in [6.07, 6.45) is -0.0858. The smallest absolute Gasteiger partial charge is 0.305 e. The fraction of sp³-hybridized carbons (Fsp3) is 0.429. The summed E-state index contributed by atoms with van der Waals surface area (Å²) in [5.41, 5.74) is 1.60. The van der Waals surface area contributed by atoms with E-state index in [1.165, 1.54) is 0 Å². The average Bonchev–Trinajstić information content (AvgIpc) is 2.38. The number of carboxylic acid groups (broad SMARTS) is 1. The van der Waals surface area contributed by atoms with E-state index in [0.717, 1.165) is 5.56 Å². The van der Waals surface area contributed by atoms with Crippen molar-refractivity contribution in [2.24, 2.45) is 0 Å². The van der Waals surface area contributed by atoms with Gasteiger partial charge >= 0.3 is 5.97 Å². The highest BCUT2D eigenvalue weighted by Gasteiger charge is 2.29. The predicted molar refractivity (Wildman–Crippen MR) is 69.1 cm³/mol. The van der Waals surface area contributed by atoms with Crippen LogP contribution in [0.5, 0.6) is 0 Å². The standard InChI is InChI=1S/C14H17NO4/c1-10-3-2-4-11(7-10)14(18)15-5-6-19-9-12(15)8-13(16)17/h2-4,7,12H,5-6,8-9H2,1H3,(H,16,17). The van der Waals surface area contributed by atoms with E-state index >= 15 is 0 Å². The lowest BCUT2D eigenvalue weighted by molar-refractivity contribution is -0.139. The van der Waals surface area contributed by atoms with E-state index in [4.69, 9.17) is 9.84 Å². The van der Waals surface area contributed by atoms with Gasteiger partial charge < -0.3 is 14.7 Å². The molecule has 0 aliphatic carbocycles. The van der Waals surface area contributed by atoms with Gasteiger partial charge in [-0.05, 0) is 19.1 Å². The molecule has 1 aromatic rings. The number of carbonyl (C=O) groups is 2. The number of aryl methyl sites for hydroxylation is 1. The molecule has 1 aliphatic rings. The Morgan fingerprint density at radius 3 is 2.95 bits per heavy atom. The molecule has 1 amide bonds. The maximum atomic E-state index is 12.4. The van der Waals surface area contributed by atoms with E-state index in [9.17, 15) is 9.59 Å². The second kappa shape index (κ2) is 5.84. The molecule has 0 saturated carbocycles. The Morgan fingerprint density at radius 2 is 2.26 bits per heavy atom. The molecular formula is C14H17NO4. The molecule has 0 aromatic heterocycles. The molecule has 102 valence electrons. The fourth-order valence-corrected chi connectivity index (χ4v) is 2.24. The molecule has 2 rings (SSSR count). The predicted octanol–water partition coefficient (Wildman–Crippen LogP) is 1.31. The third-order valence-electron chi connectivity index (χ3n) is 3.16. The van der Waals surface area contributed by atoms with E-state index in [1.54, 1.807) is 11.0 Å². The topological polar surface area (TPSA) is 66.8 Å². The van der Waals surface area contributed by atoms with Crippen LogP contribution in [0.2, 0.25) is 0 Å². The van der Waals surface area contributed by atoms with Gasteiger partial charge in [0, 0.05) is 12.1 Å². The third kappa shape index (κ3) is 3.32. The van der Waals surface area contributed by atoms with Crippen LogP contribution < -0.4 is 0 Å². The van der Waals surface area contributed by atoms with E-state index < -0.39 is 5.97 Å². The first-order valence-electron chi connectivity index (χ1n) is 6.25. The van der Waals surface area contributed by atoms with Crippen LogP contribution in [0.15, 0.2) is 24.3 Å². The van der Waals surface area contributed by atoms with E-state index in [2.05, 4.69) is 0 Å². The molecule has 1 unspecified atom stereocenters. The molecule has 1 aromatic carbocycles. The van der Waals surface area contributed by atoms with Crippen LogP contribution in [0.1, 0.15) is 22.3 Å². The van der Waals surface area contributed by atoms with Gasteiger partial charge in [-0.3, -0.25) is 9.59 Å². The van der Waals surface area contributed by atoms with Gasteiger partial charge in [0.15, 0.2) is 0 Å². The molecular weight excluding hydrogens is 246 g/mol. The number of nitrogens with zero attached hydrogens (tertiary/aromatic N) is 1. The molecule has 0 spiro atoms. The van der Waals surface area contributed by atoms with Crippen molar-refractivity contribution in [3.8, 4) is 0 Å². The van der Waals surface area contributed by atoms with Crippen LogP contribution in [-0.4, -0.2) is 47.7 Å². The number of hydrogen-bond donors (Lipinski definition) is 1. The Balaban J connectivity index is 2.17. The van der Waals surface area contributed by atoms with Gasteiger partial charge in [0.25, 0.3) is 5.91 Å². The summed E-state index contributed by atoms with van der Waals surface area (Å²) in [4.78, 5) is 24.9. The zero-order chi connectivity index (χ0) is 13.8. The lowest BCUT2D eigenvalue weighted by Crippen LogP contribution is -2.49. The minimum atomic E-state index is -0.919. The Bertz CT molecular complexity index is 486. The van der Waals surface area contributed by atoms with Crippen molar-refractivity contribution in [1.29, 1.82) is 0 Å². The number of hydrogen-bond acceptors (Lipinski definition) is 3. The third-order valence-corrected chi connectivity index (χ3v) is 3.16. The highest BCUT2D eigenvalue weighted by molar-refractivity contribution is 5.95. The Kier molecular flexibility index (Phi) is 4.16. The molecule has 5 heteroatoms. The van der Waals surface area contributed by atoms with Gasteiger partial charge in [0.2, 0.25) is 0 Å². The average molecular weight is 263 g/mol. The number of aliphatic carboxylic acids is 1. The van der Waals surface area contributed by atoms with Crippen LogP contribution in [-0.2, 0) is 9.53 Å². The van der Waals surface area contributed by atoms with Gasteiger partial charge in [-0.1, -0.05) is 17.7 Å². The maximum Gasteiger partial charge on any atom is 0.305 e. The fourth-order valence-electron chi connectivity index (χ4n) is 2.24. The molecule has 0 radical (unpaired) electrons. The quantitative estimate of drug-likeness (QED) is 0.893. The molecule has 1 aliphatic heterocycles. The highest BCUT2D eigenvalue weighted by atomic mass is 16.5. The first-order valence-corrected chi connectivity index (χ1v) is 6.25. The zero-order valence-electron chi connectivity index (χ0n) is 10.8. The van der Waals surface area contributed by atoms with Crippen LogP contribution in [0.4, 0.5) is 0 Å². The van der Waals surface area contributed by atoms with Crippen molar-refractivity contribution in [2.75, 3.05) is 19.8 Å². The summed E-state index contributed by atoms with van der Waals surface area (Å²) in [5.74, 6) is -1.05. The van der Waals surface area contributed by atoms with Crippen LogP contribution in [0, 0.1) is 6.92 Å². The molecule has 1 atom stereocenters. The number of carboxylic acids is 1. The van der Waals surface area contributed by atoms with Gasteiger partial charge in [-0.15, -0.1) is 0 Å². The van der Waals surface area contributed by atoms with Crippen molar-refractivity contribution < 1.29 is 19.4 Å². The van der Waals surface area contributed by atoms with Gasteiger partial charge in [0.05, 0.1) is 25.7 Å². The molecule has 0 bridgehead atoms. The van der Waals surface area contributed by atoms with Crippen molar-refractivity contribution >= 4 is 11.9 Å². The van der Waals surface area contributed by atoms with Gasteiger partial charge in [-0.2, -0.15) is 0 Å². The number of morpholine rings is 1. The maximum absolute atomic E-state index is 12.4. The normalized spacial score (nSPS) is 19.2. The van der Waals surface area contributed by atoms with E-state index in [-0.39, 0.29) is 25.0 Å². The zero-order valence-corrected chi connectivity index (χ0v) is 10.8. The summed E-state index contributed by atoms with van der Waals surface area (Å²) in [5, 5.41) is 8.89. The van der Waals surface area contributed by atoms with Gasteiger partial charge in [-0.25, -0.2) is 0 Å². The SMILES string of the molecule is Cc1cccc(C(=O)N2CCOCC2CC(=O)O)c1. The van der Waals surface area contributed by atoms with E-state index in [0.29, 0.717) is 18.7 Å². The lowest BCUT2D eigenvalue weighted by atomic mass is 10.1. The molecule has 5 nitrogen and oxygen atoms in total. The van der Waals surface area contributed by atoms with Crippen molar-refractivity contribution in [3.05, 3.63) is 35.4 Å². The molecule has 1 fully saturated rings. The molecule has 19 heavy (non-hydrogen) atoms. The van der Waals surface area contributed by atoms with Gasteiger partial charge in [0.1, 0.15) is 0 Å². The molecule has 1 heterocycles. The summed E-state index contributed by atoms with van der Waals surface area (Å²) >= 11 is 0. The van der Waals surface area contributed by atoms with Crippen LogP contribution in [0.25, 0.3) is 0 Å². The summed E-state index contributed by atoms with van der Waals surface area (Å²) in [6.45, 7) is 3.09. The molecule has 1 N–H and O–H groups in total. The summed E-state index contributed by atoms with van der Waals surface area (Å²) in [6, 6.07) is 6.93. The van der Waals surface area contributed by atoms with Crippen molar-refractivity contribution in [2.45, 2.75) is 19.4 Å². The number of benzene rings is 1. The highest BCUT2D eigenvalue weighted by Crippen LogP contribution is 2.16. The van der Waals surface area contributed by atoms with E-state index in [1.807, 2.05) is 25.1 Å². The monoisotopic (exact) mass is 263 g/mol. The Morgan fingerprint density at radius 1 is 1.47 bits per heavy atom. The molecule has 1 saturated heterocycles. The van der Waals surface area contributed by atoms with Crippen LogP contribution in [0.3, 0.4) is 0 Å². The minimum Gasteiger partial charge on any atom is -0.481 e. The minimum absolute atomic E-state index is 0.0858.